The number of imidazole rings is 1. The summed E-state index contributed by atoms with van der Waals surface area (Å²) < 4.78 is 29.1. The van der Waals surface area contributed by atoms with Crippen LogP contribution in [0.2, 0.25) is 0 Å². The van der Waals surface area contributed by atoms with E-state index in [1.807, 2.05) is 37.3 Å². The molecule has 0 saturated heterocycles. The SMILES string of the molecule is CCCS(=O)(=O)c1nc2c(c(=O)n(C)c(=O)n2Cc2ccc(-c3cccc(NCC)c3)s2)n1C. The van der Waals surface area contributed by atoms with E-state index in [9.17, 15) is 18.0 Å². The number of nitrogens with one attached hydrogen (secondary N) is 1. The molecule has 0 aliphatic rings. The van der Waals surface area contributed by atoms with Crippen molar-refractivity contribution >= 4 is 38.0 Å². The third-order valence-corrected chi connectivity index (χ3v) is 8.56. The predicted octanol–water partition coefficient (Wildman–Crippen LogP) is 2.83. The highest BCUT2D eigenvalue weighted by Crippen LogP contribution is 2.30. The van der Waals surface area contributed by atoms with Crippen LogP contribution in [0.25, 0.3) is 21.6 Å². The van der Waals surface area contributed by atoms with Crippen molar-refractivity contribution in [3.8, 4) is 10.4 Å². The van der Waals surface area contributed by atoms with Gasteiger partial charge in [0.25, 0.3) is 5.56 Å². The number of anilines is 1. The zero-order chi connectivity index (χ0) is 24.6. The Morgan fingerprint density at radius 2 is 1.82 bits per heavy atom. The van der Waals surface area contributed by atoms with Crippen molar-refractivity contribution < 1.29 is 8.42 Å². The summed E-state index contributed by atoms with van der Waals surface area (Å²) in [4.78, 5) is 32.1. The lowest BCUT2D eigenvalue weighted by Gasteiger charge is -2.08. The van der Waals surface area contributed by atoms with Crippen molar-refractivity contribution in [2.75, 3.05) is 17.6 Å². The first-order valence-electron chi connectivity index (χ1n) is 11.0. The first-order valence-corrected chi connectivity index (χ1v) is 13.5. The van der Waals surface area contributed by atoms with E-state index in [0.717, 1.165) is 32.1 Å². The fourth-order valence-corrected chi connectivity index (χ4v) is 6.40. The van der Waals surface area contributed by atoms with Crippen molar-refractivity contribution in [2.45, 2.75) is 32.0 Å². The van der Waals surface area contributed by atoms with Gasteiger partial charge in [-0.3, -0.25) is 13.9 Å². The molecule has 4 rings (SSSR count). The van der Waals surface area contributed by atoms with E-state index in [1.54, 1.807) is 6.92 Å². The Kier molecular flexibility index (Phi) is 6.50. The van der Waals surface area contributed by atoms with E-state index in [-0.39, 0.29) is 28.6 Å². The number of aromatic nitrogens is 4. The number of nitrogens with zero attached hydrogens (tertiary/aromatic N) is 4. The van der Waals surface area contributed by atoms with E-state index >= 15 is 0 Å². The van der Waals surface area contributed by atoms with Crippen LogP contribution >= 0.6 is 11.3 Å². The first-order chi connectivity index (χ1) is 16.2. The van der Waals surface area contributed by atoms with Crippen LogP contribution in [0.1, 0.15) is 25.1 Å². The standard InChI is InChI=1S/C23H27N5O4S2/c1-5-12-34(31,32)22-25-20-19(26(22)3)21(29)27(4)23(30)28(20)14-17-10-11-18(33-17)15-8-7-9-16(13-15)24-6-2/h7-11,13,24H,5-6,12,14H2,1-4H3. The van der Waals surface area contributed by atoms with Crippen LogP contribution in [-0.2, 0) is 30.5 Å². The van der Waals surface area contributed by atoms with Gasteiger partial charge >= 0.3 is 5.69 Å². The monoisotopic (exact) mass is 501 g/mol. The number of fused-ring (bicyclic) bond motifs is 1. The van der Waals surface area contributed by atoms with Gasteiger partial charge in [0.2, 0.25) is 15.0 Å². The van der Waals surface area contributed by atoms with Gasteiger partial charge in [-0.2, -0.15) is 4.98 Å². The minimum atomic E-state index is -3.69. The maximum atomic E-state index is 13.0. The number of sulfone groups is 1. The van der Waals surface area contributed by atoms with E-state index in [2.05, 4.69) is 16.4 Å². The summed E-state index contributed by atoms with van der Waals surface area (Å²) in [5.41, 5.74) is 1.13. The van der Waals surface area contributed by atoms with Crippen LogP contribution in [0.4, 0.5) is 5.69 Å². The second-order valence-corrected chi connectivity index (χ2v) is 11.2. The molecular weight excluding hydrogens is 474 g/mol. The van der Waals surface area contributed by atoms with Crippen molar-refractivity contribution in [3.05, 3.63) is 62.1 Å². The second kappa shape index (κ2) is 9.22. The molecule has 9 nitrogen and oxygen atoms in total. The molecule has 4 aromatic rings. The third-order valence-electron chi connectivity index (χ3n) is 5.57. The maximum Gasteiger partial charge on any atom is 0.332 e. The molecule has 3 heterocycles. The molecule has 3 aromatic heterocycles. The molecule has 0 amide bonds. The smallest absolute Gasteiger partial charge is 0.332 e. The lowest BCUT2D eigenvalue weighted by molar-refractivity contribution is 0.579. The molecule has 0 bridgehead atoms. The maximum absolute atomic E-state index is 13.0. The van der Waals surface area contributed by atoms with Gasteiger partial charge in [0.1, 0.15) is 0 Å². The summed E-state index contributed by atoms with van der Waals surface area (Å²) in [5, 5.41) is 3.10. The van der Waals surface area contributed by atoms with Gasteiger partial charge in [0, 0.05) is 36.1 Å². The van der Waals surface area contributed by atoms with Crippen molar-refractivity contribution in [2.24, 2.45) is 14.1 Å². The number of thiophene rings is 1. The quantitative estimate of drug-likeness (QED) is 0.398. The topological polar surface area (TPSA) is 108 Å². The minimum absolute atomic E-state index is 0.0781. The van der Waals surface area contributed by atoms with Crippen LogP contribution in [-0.4, -0.2) is 39.4 Å². The molecule has 0 saturated carbocycles. The van der Waals surface area contributed by atoms with Gasteiger partial charge in [0.15, 0.2) is 11.2 Å². The van der Waals surface area contributed by atoms with E-state index in [4.69, 9.17) is 0 Å². The lowest BCUT2D eigenvalue weighted by Crippen LogP contribution is -2.38. The number of aryl methyl sites for hydroxylation is 1. The number of rotatable bonds is 8. The summed E-state index contributed by atoms with van der Waals surface area (Å²) in [6.07, 6.45) is 0.420. The fraction of sp³-hybridized carbons (Fsp3) is 0.348. The second-order valence-electron chi connectivity index (χ2n) is 8.05. The number of hydrogen-bond donors (Lipinski definition) is 1. The van der Waals surface area contributed by atoms with Gasteiger partial charge in [-0.15, -0.1) is 11.3 Å². The predicted molar refractivity (Wildman–Crippen MR) is 136 cm³/mol. The van der Waals surface area contributed by atoms with Gasteiger partial charge in [-0.1, -0.05) is 19.1 Å². The highest BCUT2D eigenvalue weighted by atomic mass is 32.2. The average Bonchev–Trinajstić information content (AvgIpc) is 3.40. The molecule has 180 valence electrons. The molecule has 11 heteroatoms. The molecular formula is C23H27N5O4S2. The Balaban J connectivity index is 1.81. The average molecular weight is 502 g/mol. The van der Waals surface area contributed by atoms with Crippen LogP contribution < -0.4 is 16.6 Å². The number of hydrogen-bond acceptors (Lipinski definition) is 7. The van der Waals surface area contributed by atoms with Crippen LogP contribution in [0.15, 0.2) is 51.1 Å². The Bertz CT molecular complexity index is 1590. The molecule has 1 N–H and O–H groups in total. The highest BCUT2D eigenvalue weighted by Gasteiger charge is 2.26. The van der Waals surface area contributed by atoms with Gasteiger partial charge < -0.3 is 9.88 Å². The molecule has 0 fully saturated rings. The van der Waals surface area contributed by atoms with Gasteiger partial charge in [-0.05, 0) is 43.2 Å². The summed E-state index contributed by atoms with van der Waals surface area (Å²) in [5.74, 6) is -0.0883. The van der Waals surface area contributed by atoms with Crippen LogP contribution in [0.5, 0.6) is 0 Å². The summed E-state index contributed by atoms with van der Waals surface area (Å²) in [7, 11) is -0.807. The zero-order valence-corrected chi connectivity index (χ0v) is 21.2. The third kappa shape index (κ3) is 4.21. The molecule has 0 aliphatic heterocycles. The Morgan fingerprint density at radius 3 is 2.53 bits per heavy atom. The zero-order valence-electron chi connectivity index (χ0n) is 19.5. The van der Waals surface area contributed by atoms with Crippen LogP contribution in [0, 0.1) is 0 Å². The lowest BCUT2D eigenvalue weighted by atomic mass is 10.1. The van der Waals surface area contributed by atoms with Crippen molar-refractivity contribution in [1.29, 1.82) is 0 Å². The first kappa shape index (κ1) is 24.0. The van der Waals surface area contributed by atoms with E-state index in [1.165, 1.54) is 34.6 Å². The van der Waals surface area contributed by atoms with E-state index < -0.39 is 21.1 Å². The Labute approximate surface area is 201 Å². The van der Waals surface area contributed by atoms with Gasteiger partial charge in [-0.25, -0.2) is 13.2 Å². The summed E-state index contributed by atoms with van der Waals surface area (Å²) in [6.45, 7) is 4.80. The van der Waals surface area contributed by atoms with Crippen molar-refractivity contribution in [1.82, 2.24) is 18.7 Å². The summed E-state index contributed by atoms with van der Waals surface area (Å²) in [6, 6.07) is 12.0. The molecule has 0 aliphatic carbocycles. The molecule has 0 radical (unpaired) electrons. The molecule has 0 atom stereocenters. The van der Waals surface area contributed by atoms with Crippen LogP contribution in [0.3, 0.4) is 0 Å². The van der Waals surface area contributed by atoms with Crippen molar-refractivity contribution in [3.63, 3.8) is 0 Å². The number of benzene rings is 1. The Morgan fingerprint density at radius 1 is 1.06 bits per heavy atom. The molecule has 0 unspecified atom stereocenters. The largest absolute Gasteiger partial charge is 0.385 e. The normalized spacial score (nSPS) is 11.9. The fourth-order valence-electron chi connectivity index (χ4n) is 3.95. The van der Waals surface area contributed by atoms with Gasteiger partial charge in [0.05, 0.1) is 12.3 Å². The van der Waals surface area contributed by atoms with E-state index in [0.29, 0.717) is 6.42 Å². The minimum Gasteiger partial charge on any atom is -0.385 e. The molecule has 34 heavy (non-hydrogen) atoms. The Hall–Kier alpha value is -3.18. The highest BCUT2D eigenvalue weighted by molar-refractivity contribution is 7.91. The summed E-state index contributed by atoms with van der Waals surface area (Å²) >= 11 is 1.53. The molecule has 0 spiro atoms. The molecule has 1 aromatic carbocycles.